The third kappa shape index (κ3) is 4.40. The zero-order chi connectivity index (χ0) is 17.8. The summed E-state index contributed by atoms with van der Waals surface area (Å²) in [7, 11) is 0. The molecule has 0 radical (unpaired) electrons. The molecule has 140 valence electrons. The summed E-state index contributed by atoms with van der Waals surface area (Å²) in [4.78, 5) is 14.8. The molecule has 26 heavy (non-hydrogen) atoms. The quantitative estimate of drug-likeness (QED) is 0.835. The molecule has 3 rings (SSSR count). The van der Waals surface area contributed by atoms with Gasteiger partial charge in [-0.3, -0.25) is 4.79 Å². The van der Waals surface area contributed by atoms with Crippen LogP contribution in [0.4, 0.5) is 4.39 Å². The van der Waals surface area contributed by atoms with E-state index in [4.69, 9.17) is 5.73 Å². The molecule has 6 heteroatoms. The van der Waals surface area contributed by atoms with E-state index < -0.39 is 0 Å². The lowest BCUT2D eigenvalue weighted by Crippen LogP contribution is -2.30. The number of hydrogen-bond acceptors (Lipinski definition) is 3. The average Bonchev–Trinajstić information content (AvgIpc) is 3.08. The Morgan fingerprint density at radius 3 is 2.62 bits per heavy atom. The fourth-order valence-electron chi connectivity index (χ4n) is 3.51. The Balaban J connectivity index is 0.00000243. The second-order valence-corrected chi connectivity index (χ2v) is 7.33. The lowest BCUT2D eigenvalue weighted by molar-refractivity contribution is 0.0786. The van der Waals surface area contributed by atoms with Gasteiger partial charge >= 0.3 is 0 Å². The first-order valence-corrected chi connectivity index (χ1v) is 9.85. The highest BCUT2D eigenvalue weighted by atomic mass is 35.5. The Morgan fingerprint density at radius 2 is 1.96 bits per heavy atom. The Hall–Kier alpha value is -1.56. The second-order valence-electron chi connectivity index (χ2n) is 6.46. The molecule has 2 atom stereocenters. The maximum absolute atomic E-state index is 13.8. The van der Waals surface area contributed by atoms with Gasteiger partial charge in [0.25, 0.3) is 5.91 Å². The molecule has 1 aliphatic rings. The van der Waals surface area contributed by atoms with E-state index in [1.807, 2.05) is 29.4 Å². The molecule has 1 aliphatic heterocycles. The number of rotatable bonds is 5. The van der Waals surface area contributed by atoms with Crippen LogP contribution >= 0.6 is 24.2 Å². The molecule has 0 aliphatic carbocycles. The number of halogens is 2. The number of carbonyl (C=O) groups excluding carboxylic acids is 1. The van der Waals surface area contributed by atoms with Gasteiger partial charge in [0.1, 0.15) is 5.82 Å². The van der Waals surface area contributed by atoms with Crippen molar-refractivity contribution in [2.45, 2.75) is 11.7 Å². The van der Waals surface area contributed by atoms with E-state index >= 15 is 0 Å². The van der Waals surface area contributed by atoms with E-state index in [1.165, 1.54) is 11.6 Å². The number of nitrogens with zero attached hydrogens (tertiary/aromatic N) is 1. The van der Waals surface area contributed by atoms with Crippen molar-refractivity contribution in [3.63, 3.8) is 0 Å². The number of carbonyl (C=O) groups is 1. The fraction of sp³-hybridized carbons (Fsp3) is 0.350. The van der Waals surface area contributed by atoms with Crippen molar-refractivity contribution >= 4 is 30.1 Å². The van der Waals surface area contributed by atoms with Gasteiger partial charge < -0.3 is 10.6 Å². The molecular formula is C20H24ClFN2OS. The van der Waals surface area contributed by atoms with Gasteiger partial charge in [-0.1, -0.05) is 30.3 Å². The molecular weight excluding hydrogens is 371 g/mol. The van der Waals surface area contributed by atoms with Crippen molar-refractivity contribution in [1.29, 1.82) is 0 Å². The highest BCUT2D eigenvalue weighted by Crippen LogP contribution is 2.33. The molecule has 0 spiro atoms. The van der Waals surface area contributed by atoms with E-state index in [2.05, 4.69) is 12.1 Å². The largest absolute Gasteiger partial charge is 0.338 e. The van der Waals surface area contributed by atoms with E-state index in [-0.39, 0.29) is 36.0 Å². The Labute approximate surface area is 164 Å². The number of amides is 1. The standard InChI is InChI=1S/C20H23FN2OS.ClH/c1-25-13-16-9-15(7-8-19(16)21)20(24)23-11-17(10-22)18(12-23)14-5-3-2-4-6-14;/h2-9,17-18H,10-13,22H2,1H3;1H/t17-,18+;/m1./s1. The molecule has 2 aromatic carbocycles. The molecule has 0 aromatic heterocycles. The van der Waals surface area contributed by atoms with Gasteiger partial charge in [-0.25, -0.2) is 4.39 Å². The maximum atomic E-state index is 13.8. The molecule has 2 N–H and O–H groups in total. The minimum atomic E-state index is -0.255. The lowest BCUT2D eigenvalue weighted by Gasteiger charge is -2.17. The summed E-state index contributed by atoms with van der Waals surface area (Å²) in [6, 6.07) is 14.9. The molecule has 3 nitrogen and oxygen atoms in total. The van der Waals surface area contributed by atoms with Gasteiger partial charge in [-0.15, -0.1) is 12.4 Å². The van der Waals surface area contributed by atoms with Gasteiger partial charge in [0.15, 0.2) is 0 Å². The molecule has 0 bridgehead atoms. The molecule has 1 heterocycles. The molecule has 0 unspecified atom stereocenters. The van der Waals surface area contributed by atoms with E-state index in [9.17, 15) is 9.18 Å². The van der Waals surface area contributed by atoms with Crippen molar-refractivity contribution < 1.29 is 9.18 Å². The van der Waals surface area contributed by atoms with Crippen molar-refractivity contribution in [2.75, 3.05) is 25.9 Å². The highest BCUT2D eigenvalue weighted by molar-refractivity contribution is 7.97. The first-order valence-electron chi connectivity index (χ1n) is 8.45. The first kappa shape index (κ1) is 20.7. The van der Waals surface area contributed by atoms with Crippen LogP contribution in [0.3, 0.4) is 0 Å². The predicted octanol–water partition coefficient (Wildman–Crippen LogP) is 3.93. The van der Waals surface area contributed by atoms with E-state index in [1.54, 1.807) is 23.9 Å². The van der Waals surface area contributed by atoms with Gasteiger partial charge in [0, 0.05) is 30.3 Å². The number of likely N-dealkylation sites (tertiary alicyclic amines) is 1. The maximum Gasteiger partial charge on any atom is 0.253 e. The number of hydrogen-bond donors (Lipinski definition) is 1. The van der Waals surface area contributed by atoms with Crippen LogP contribution in [-0.4, -0.2) is 36.7 Å². The van der Waals surface area contributed by atoms with Gasteiger partial charge in [0.05, 0.1) is 0 Å². The van der Waals surface area contributed by atoms with Crippen LogP contribution in [0, 0.1) is 11.7 Å². The summed E-state index contributed by atoms with van der Waals surface area (Å²) in [5, 5.41) is 0. The van der Waals surface area contributed by atoms with Crippen LogP contribution in [0.2, 0.25) is 0 Å². The first-order chi connectivity index (χ1) is 12.1. The summed E-state index contributed by atoms with van der Waals surface area (Å²) in [5.41, 5.74) is 8.30. The minimum Gasteiger partial charge on any atom is -0.338 e. The lowest BCUT2D eigenvalue weighted by atomic mass is 9.89. The number of thioether (sulfide) groups is 1. The summed E-state index contributed by atoms with van der Waals surface area (Å²) < 4.78 is 13.8. The molecule has 1 saturated heterocycles. The molecule has 1 fully saturated rings. The summed E-state index contributed by atoms with van der Waals surface area (Å²) in [6.07, 6.45) is 1.92. The third-order valence-electron chi connectivity index (χ3n) is 4.85. The highest BCUT2D eigenvalue weighted by Gasteiger charge is 2.35. The van der Waals surface area contributed by atoms with E-state index in [0.29, 0.717) is 36.5 Å². The average molecular weight is 395 g/mol. The van der Waals surface area contributed by atoms with Crippen molar-refractivity contribution in [2.24, 2.45) is 11.7 Å². The molecule has 0 saturated carbocycles. The summed E-state index contributed by atoms with van der Waals surface area (Å²) >= 11 is 1.54. The molecule has 1 amide bonds. The second kappa shape index (κ2) is 9.40. The Kier molecular flexibility index (Phi) is 7.50. The fourth-order valence-corrected chi connectivity index (χ4v) is 4.04. The van der Waals surface area contributed by atoms with Gasteiger partial charge in [-0.05, 0) is 48.0 Å². The van der Waals surface area contributed by atoms with E-state index in [0.717, 1.165) is 0 Å². The van der Waals surface area contributed by atoms with Crippen molar-refractivity contribution in [3.8, 4) is 0 Å². The smallest absolute Gasteiger partial charge is 0.253 e. The number of nitrogens with two attached hydrogens (primary N) is 1. The zero-order valence-corrected chi connectivity index (χ0v) is 16.4. The summed E-state index contributed by atoms with van der Waals surface area (Å²) in [6.45, 7) is 1.84. The number of benzene rings is 2. The normalized spacial score (nSPS) is 19.3. The van der Waals surface area contributed by atoms with Gasteiger partial charge in [-0.2, -0.15) is 11.8 Å². The van der Waals surface area contributed by atoms with Crippen LogP contribution in [0.25, 0.3) is 0 Å². The van der Waals surface area contributed by atoms with Crippen LogP contribution in [0.5, 0.6) is 0 Å². The molecule has 2 aromatic rings. The van der Waals surface area contributed by atoms with Crippen LogP contribution < -0.4 is 5.73 Å². The van der Waals surface area contributed by atoms with Gasteiger partial charge in [0.2, 0.25) is 0 Å². The summed E-state index contributed by atoms with van der Waals surface area (Å²) in [5.74, 6) is 0.762. The zero-order valence-electron chi connectivity index (χ0n) is 14.7. The predicted molar refractivity (Wildman–Crippen MR) is 108 cm³/mol. The van der Waals surface area contributed by atoms with Crippen molar-refractivity contribution in [3.05, 3.63) is 71.0 Å². The SMILES string of the molecule is CSCc1cc(C(=O)N2C[C@@H](CN)[C@H](c3ccccc3)C2)ccc1F.Cl. The van der Waals surface area contributed by atoms with Crippen molar-refractivity contribution in [1.82, 2.24) is 4.90 Å². The Bertz CT molecular complexity index is 744. The Morgan fingerprint density at radius 1 is 1.23 bits per heavy atom. The minimum absolute atomic E-state index is 0. The van der Waals surface area contributed by atoms with Crippen LogP contribution in [-0.2, 0) is 5.75 Å². The van der Waals surface area contributed by atoms with Crippen LogP contribution in [0.1, 0.15) is 27.4 Å². The van der Waals surface area contributed by atoms with Crippen LogP contribution in [0.15, 0.2) is 48.5 Å². The monoisotopic (exact) mass is 394 g/mol. The topological polar surface area (TPSA) is 46.3 Å². The third-order valence-corrected chi connectivity index (χ3v) is 5.45.